The Labute approximate surface area is 189 Å². The molecular weight excluding hydrogens is 460 g/mol. The van der Waals surface area contributed by atoms with E-state index >= 15 is 0 Å². The van der Waals surface area contributed by atoms with Crippen molar-refractivity contribution >= 4 is 28.5 Å². The minimum Gasteiger partial charge on any atom is -0.435 e. The normalized spacial score (nSPS) is 12.2. The smallest absolute Gasteiger partial charge is 0.387 e. The van der Waals surface area contributed by atoms with E-state index in [-0.39, 0.29) is 15.4 Å². The molecule has 0 unspecified atom stereocenters. The summed E-state index contributed by atoms with van der Waals surface area (Å²) in [5.74, 6) is 0.351. The van der Waals surface area contributed by atoms with Gasteiger partial charge in [0.15, 0.2) is 5.82 Å². The second-order valence-electron chi connectivity index (χ2n) is 6.47. The number of H-pyrrole nitrogens is 1. The fourth-order valence-electron chi connectivity index (χ4n) is 2.95. The largest absolute Gasteiger partial charge is 0.435 e. The average Bonchev–Trinajstić information content (AvgIpc) is 3.14. The number of aromatic nitrogens is 3. The predicted molar refractivity (Wildman–Crippen MR) is 119 cm³/mol. The molecule has 1 aromatic heterocycles. The van der Waals surface area contributed by atoms with Crippen LogP contribution in [0.15, 0.2) is 58.5 Å². The highest BCUT2D eigenvalue weighted by Crippen LogP contribution is 2.23. The Kier molecular flexibility index (Phi) is 7.48. The van der Waals surface area contributed by atoms with Gasteiger partial charge in [0, 0.05) is 18.7 Å². The molecule has 170 valence electrons. The number of sulfonamides is 1. The van der Waals surface area contributed by atoms with Crippen molar-refractivity contribution in [3.8, 4) is 17.1 Å². The Bertz CT molecular complexity index is 1250. The highest BCUT2D eigenvalue weighted by atomic mass is 32.2. The standard InChI is InChI=1S/C20H21F2N5O3S2/c1-3-26(4-2)32(28,29)17-7-5-6-15(12-17)18-24-25-20(31)27(18)23-13-14-8-10-16(11-9-14)30-19(21)22/h5-13,19H,3-4H2,1-2H3,(H,25,31)/b23-13+. The van der Waals surface area contributed by atoms with Crippen molar-refractivity contribution in [3.63, 3.8) is 0 Å². The molecule has 3 rings (SSSR count). The van der Waals surface area contributed by atoms with Crippen molar-refractivity contribution in [3.05, 3.63) is 58.9 Å². The third-order valence-corrected chi connectivity index (χ3v) is 6.82. The third kappa shape index (κ3) is 5.26. The molecule has 0 amide bonds. The molecule has 0 atom stereocenters. The number of aromatic amines is 1. The summed E-state index contributed by atoms with van der Waals surface area (Å²) in [6.45, 7) is 1.36. The maximum absolute atomic E-state index is 12.9. The van der Waals surface area contributed by atoms with Gasteiger partial charge < -0.3 is 4.74 Å². The Morgan fingerprint density at radius 1 is 1.22 bits per heavy atom. The zero-order valence-electron chi connectivity index (χ0n) is 17.3. The third-order valence-electron chi connectivity index (χ3n) is 4.51. The summed E-state index contributed by atoms with van der Waals surface area (Å²) in [4.78, 5) is 0.137. The van der Waals surface area contributed by atoms with Crippen LogP contribution >= 0.6 is 12.2 Å². The maximum Gasteiger partial charge on any atom is 0.387 e. The first-order valence-electron chi connectivity index (χ1n) is 9.63. The lowest BCUT2D eigenvalue weighted by atomic mass is 10.2. The van der Waals surface area contributed by atoms with E-state index in [0.717, 1.165) is 0 Å². The Morgan fingerprint density at radius 3 is 2.53 bits per heavy atom. The number of rotatable bonds is 9. The van der Waals surface area contributed by atoms with E-state index in [1.54, 1.807) is 38.1 Å². The molecule has 0 saturated heterocycles. The predicted octanol–water partition coefficient (Wildman–Crippen LogP) is 4.12. The van der Waals surface area contributed by atoms with E-state index in [1.165, 1.54) is 39.5 Å². The van der Waals surface area contributed by atoms with Crippen molar-refractivity contribution in [2.45, 2.75) is 25.4 Å². The molecule has 0 aliphatic heterocycles. The lowest BCUT2D eigenvalue weighted by molar-refractivity contribution is -0.0498. The number of alkyl halides is 2. The number of hydrogen-bond donors (Lipinski definition) is 1. The van der Waals surface area contributed by atoms with Crippen molar-refractivity contribution in [1.29, 1.82) is 0 Å². The van der Waals surface area contributed by atoms with Crippen LogP contribution < -0.4 is 4.74 Å². The summed E-state index contributed by atoms with van der Waals surface area (Å²) < 4.78 is 57.5. The number of benzene rings is 2. The molecule has 0 bridgehead atoms. The summed E-state index contributed by atoms with van der Waals surface area (Å²) in [5, 5.41) is 11.1. The van der Waals surface area contributed by atoms with Crippen LogP contribution in [0.4, 0.5) is 8.78 Å². The highest BCUT2D eigenvalue weighted by Gasteiger charge is 2.22. The molecule has 0 saturated carbocycles. The van der Waals surface area contributed by atoms with E-state index in [4.69, 9.17) is 12.2 Å². The van der Waals surface area contributed by atoms with Gasteiger partial charge in [-0.05, 0) is 54.2 Å². The van der Waals surface area contributed by atoms with E-state index in [1.807, 2.05) is 0 Å². The summed E-state index contributed by atoms with van der Waals surface area (Å²) >= 11 is 5.24. The molecule has 0 fully saturated rings. The second kappa shape index (κ2) is 10.1. The lowest BCUT2D eigenvalue weighted by Crippen LogP contribution is -2.30. The minimum atomic E-state index is -3.65. The summed E-state index contributed by atoms with van der Waals surface area (Å²) in [7, 11) is -3.65. The number of hydrogen-bond acceptors (Lipinski definition) is 6. The van der Waals surface area contributed by atoms with Gasteiger partial charge in [0.2, 0.25) is 14.8 Å². The van der Waals surface area contributed by atoms with Crippen molar-refractivity contribution in [2.75, 3.05) is 13.1 Å². The van der Waals surface area contributed by atoms with Gasteiger partial charge >= 0.3 is 6.61 Å². The van der Waals surface area contributed by atoms with Crippen LogP contribution in [0.1, 0.15) is 19.4 Å². The molecule has 1 heterocycles. The van der Waals surface area contributed by atoms with Crippen LogP contribution in [-0.2, 0) is 10.0 Å². The van der Waals surface area contributed by atoms with E-state index in [0.29, 0.717) is 30.0 Å². The minimum absolute atomic E-state index is 0.0315. The van der Waals surface area contributed by atoms with Gasteiger partial charge in [0.05, 0.1) is 11.1 Å². The van der Waals surface area contributed by atoms with Gasteiger partial charge in [-0.1, -0.05) is 26.0 Å². The summed E-state index contributed by atoms with van der Waals surface area (Å²) in [6, 6.07) is 12.3. The quantitative estimate of drug-likeness (QED) is 0.367. The molecule has 0 spiro atoms. The number of ether oxygens (including phenoxy) is 1. The van der Waals surface area contributed by atoms with Crippen LogP contribution in [-0.4, -0.2) is 53.5 Å². The van der Waals surface area contributed by atoms with E-state index in [2.05, 4.69) is 20.0 Å². The summed E-state index contributed by atoms with van der Waals surface area (Å²) in [6.07, 6.45) is 1.47. The van der Waals surface area contributed by atoms with Crippen molar-refractivity contribution in [1.82, 2.24) is 19.2 Å². The second-order valence-corrected chi connectivity index (χ2v) is 8.80. The topological polar surface area (TPSA) is 92.6 Å². The monoisotopic (exact) mass is 481 g/mol. The van der Waals surface area contributed by atoms with Crippen LogP contribution in [0.5, 0.6) is 5.75 Å². The maximum atomic E-state index is 12.9. The van der Waals surface area contributed by atoms with E-state index in [9.17, 15) is 17.2 Å². The Morgan fingerprint density at radius 2 is 1.91 bits per heavy atom. The first-order valence-corrected chi connectivity index (χ1v) is 11.5. The zero-order chi connectivity index (χ0) is 23.3. The molecule has 2 aromatic carbocycles. The first-order chi connectivity index (χ1) is 15.3. The average molecular weight is 482 g/mol. The molecule has 3 aromatic rings. The van der Waals surface area contributed by atoms with Gasteiger partial charge in [-0.2, -0.15) is 28.0 Å². The molecule has 0 aliphatic rings. The van der Waals surface area contributed by atoms with Crippen LogP contribution in [0.2, 0.25) is 0 Å². The van der Waals surface area contributed by atoms with Crippen molar-refractivity contribution < 1.29 is 21.9 Å². The highest BCUT2D eigenvalue weighted by molar-refractivity contribution is 7.89. The van der Waals surface area contributed by atoms with Crippen molar-refractivity contribution in [2.24, 2.45) is 5.10 Å². The molecule has 32 heavy (non-hydrogen) atoms. The molecule has 1 N–H and O–H groups in total. The van der Waals surface area contributed by atoms with Crippen LogP contribution in [0.3, 0.4) is 0 Å². The Hall–Kier alpha value is -2.96. The van der Waals surface area contributed by atoms with E-state index < -0.39 is 16.6 Å². The van der Waals surface area contributed by atoms with Gasteiger partial charge in [-0.15, -0.1) is 0 Å². The van der Waals surface area contributed by atoms with Crippen LogP contribution in [0.25, 0.3) is 11.4 Å². The number of halogens is 2. The lowest BCUT2D eigenvalue weighted by Gasteiger charge is -2.18. The summed E-state index contributed by atoms with van der Waals surface area (Å²) in [5.41, 5.74) is 1.11. The number of nitrogens with zero attached hydrogens (tertiary/aromatic N) is 4. The molecular formula is C20H21F2N5O3S2. The molecule has 0 aliphatic carbocycles. The van der Waals surface area contributed by atoms with Gasteiger partial charge in [0.1, 0.15) is 5.75 Å². The van der Waals surface area contributed by atoms with Crippen LogP contribution in [0, 0.1) is 4.77 Å². The zero-order valence-corrected chi connectivity index (χ0v) is 18.9. The van der Waals surface area contributed by atoms with Gasteiger partial charge in [-0.3, -0.25) is 0 Å². The number of nitrogens with one attached hydrogen (secondary N) is 1. The molecule has 12 heteroatoms. The SMILES string of the molecule is CCN(CC)S(=O)(=O)c1cccc(-c2n[nH]c(=S)n2/N=C/c2ccc(OC(F)F)cc2)c1. The fraction of sp³-hybridized carbons (Fsp3) is 0.250. The van der Waals surface area contributed by atoms with Gasteiger partial charge in [-0.25, -0.2) is 13.5 Å². The fourth-order valence-corrected chi connectivity index (χ4v) is 4.64. The Balaban J connectivity index is 1.93. The first kappa shape index (κ1) is 23.7. The molecule has 8 nitrogen and oxygen atoms in total. The molecule has 0 radical (unpaired) electrons. The van der Waals surface area contributed by atoms with Gasteiger partial charge in [0.25, 0.3) is 0 Å².